The zero-order valence-electron chi connectivity index (χ0n) is 12.1. The molecule has 0 spiro atoms. The molecule has 1 heterocycles. The first-order valence-corrected chi connectivity index (χ1v) is 7.35. The molecule has 118 valence electrons. The van der Waals surface area contributed by atoms with Crippen molar-refractivity contribution in [3.63, 3.8) is 0 Å². The van der Waals surface area contributed by atoms with Crippen molar-refractivity contribution in [2.24, 2.45) is 17.8 Å². The van der Waals surface area contributed by atoms with Crippen LogP contribution in [0.1, 0.15) is 24.8 Å². The fourth-order valence-electron chi connectivity index (χ4n) is 3.28. The Morgan fingerprint density at radius 1 is 1.18 bits per heavy atom. The van der Waals surface area contributed by atoms with Gasteiger partial charge in [0.05, 0.1) is 5.92 Å². The molecular weight excluding hydrogens is 292 g/mol. The van der Waals surface area contributed by atoms with E-state index < -0.39 is 23.5 Å². The molecule has 1 amide bonds. The highest BCUT2D eigenvalue weighted by atomic mass is 19.2. The van der Waals surface area contributed by atoms with Crippen molar-refractivity contribution in [2.75, 3.05) is 13.1 Å². The second-order valence-electron chi connectivity index (χ2n) is 6.29. The van der Waals surface area contributed by atoms with E-state index in [4.69, 9.17) is 5.11 Å². The largest absolute Gasteiger partial charge is 0.481 e. The maximum absolute atomic E-state index is 13.3. The van der Waals surface area contributed by atoms with Crippen molar-refractivity contribution in [3.8, 4) is 0 Å². The Kier molecular flexibility index (Phi) is 3.62. The summed E-state index contributed by atoms with van der Waals surface area (Å²) in [5.74, 6) is -3.69. The lowest BCUT2D eigenvalue weighted by Crippen LogP contribution is -2.31. The van der Waals surface area contributed by atoms with E-state index in [2.05, 4.69) is 0 Å². The zero-order valence-corrected chi connectivity index (χ0v) is 12.1. The number of hydrogen-bond acceptors (Lipinski definition) is 2. The maximum atomic E-state index is 13.3. The molecule has 2 fully saturated rings. The molecule has 1 aliphatic carbocycles. The summed E-state index contributed by atoms with van der Waals surface area (Å²) in [4.78, 5) is 25.1. The fourth-order valence-corrected chi connectivity index (χ4v) is 3.28. The number of halogens is 2. The summed E-state index contributed by atoms with van der Waals surface area (Å²) in [5, 5.41) is 9.11. The van der Waals surface area contributed by atoms with Gasteiger partial charge >= 0.3 is 5.97 Å². The van der Waals surface area contributed by atoms with Gasteiger partial charge in [-0.05, 0) is 36.0 Å². The molecule has 1 aromatic rings. The van der Waals surface area contributed by atoms with Crippen LogP contribution in [0.4, 0.5) is 8.78 Å². The summed E-state index contributed by atoms with van der Waals surface area (Å²) >= 11 is 0. The molecule has 1 aromatic carbocycles. The lowest BCUT2D eigenvalue weighted by molar-refractivity contribution is -0.142. The van der Waals surface area contributed by atoms with Gasteiger partial charge in [0.25, 0.3) is 0 Å². The second kappa shape index (κ2) is 5.34. The Morgan fingerprint density at radius 2 is 1.91 bits per heavy atom. The summed E-state index contributed by atoms with van der Waals surface area (Å²) in [6.45, 7) is 2.50. The van der Waals surface area contributed by atoms with E-state index in [1.165, 1.54) is 6.07 Å². The van der Waals surface area contributed by atoms with E-state index in [9.17, 15) is 18.4 Å². The number of carboxylic acid groups (broad SMARTS) is 1. The number of carboxylic acids is 1. The van der Waals surface area contributed by atoms with E-state index in [1.807, 2.05) is 6.92 Å². The highest BCUT2D eigenvalue weighted by Gasteiger charge is 2.48. The van der Waals surface area contributed by atoms with Gasteiger partial charge < -0.3 is 10.0 Å². The van der Waals surface area contributed by atoms with Gasteiger partial charge in [-0.3, -0.25) is 9.59 Å². The predicted octanol–water partition coefficient (Wildman–Crippen LogP) is 2.25. The Hall–Kier alpha value is -1.98. The van der Waals surface area contributed by atoms with E-state index in [-0.39, 0.29) is 30.2 Å². The standard InChI is InChI=1S/C16H17F2NO3/c1-8-6-19(7-12(8)16(21)22)15(20)11-5-10(11)9-2-3-13(17)14(18)4-9/h2-4,8,10-12H,5-7H2,1H3,(H,21,22)/t8-,10?,11?,12-/m1/s1. The summed E-state index contributed by atoms with van der Waals surface area (Å²) in [7, 11) is 0. The minimum Gasteiger partial charge on any atom is -0.481 e. The molecule has 4 atom stereocenters. The van der Waals surface area contributed by atoms with Crippen molar-refractivity contribution in [1.29, 1.82) is 0 Å². The molecule has 6 heteroatoms. The van der Waals surface area contributed by atoms with Crippen LogP contribution in [-0.4, -0.2) is 35.0 Å². The van der Waals surface area contributed by atoms with Crippen LogP contribution in [0.2, 0.25) is 0 Å². The van der Waals surface area contributed by atoms with E-state index >= 15 is 0 Å². The van der Waals surface area contributed by atoms with Gasteiger partial charge in [0.1, 0.15) is 0 Å². The fraction of sp³-hybridized carbons (Fsp3) is 0.500. The van der Waals surface area contributed by atoms with Crippen molar-refractivity contribution in [2.45, 2.75) is 19.3 Å². The van der Waals surface area contributed by atoms with E-state index in [0.29, 0.717) is 18.5 Å². The number of likely N-dealkylation sites (tertiary alicyclic amines) is 1. The monoisotopic (exact) mass is 309 g/mol. The molecule has 4 nitrogen and oxygen atoms in total. The first-order chi connectivity index (χ1) is 10.4. The van der Waals surface area contributed by atoms with E-state index in [0.717, 1.165) is 12.1 Å². The van der Waals surface area contributed by atoms with Crippen molar-refractivity contribution in [3.05, 3.63) is 35.4 Å². The van der Waals surface area contributed by atoms with Crippen molar-refractivity contribution >= 4 is 11.9 Å². The average Bonchev–Trinajstić information content (AvgIpc) is 3.16. The average molecular weight is 309 g/mol. The number of carbonyl (C=O) groups excluding carboxylic acids is 1. The molecule has 0 radical (unpaired) electrons. The molecule has 1 aliphatic heterocycles. The van der Waals surface area contributed by atoms with Crippen LogP contribution in [0.25, 0.3) is 0 Å². The summed E-state index contributed by atoms with van der Waals surface area (Å²) in [6.07, 6.45) is 0.604. The third kappa shape index (κ3) is 2.58. The van der Waals surface area contributed by atoms with Crippen LogP contribution >= 0.6 is 0 Å². The highest BCUT2D eigenvalue weighted by Crippen LogP contribution is 2.49. The lowest BCUT2D eigenvalue weighted by atomic mass is 9.99. The second-order valence-corrected chi connectivity index (χ2v) is 6.29. The Bertz CT molecular complexity index is 634. The van der Waals surface area contributed by atoms with Gasteiger partial charge in [0.15, 0.2) is 11.6 Å². The number of hydrogen-bond donors (Lipinski definition) is 1. The Morgan fingerprint density at radius 3 is 2.50 bits per heavy atom. The lowest BCUT2D eigenvalue weighted by Gasteiger charge is -2.16. The van der Waals surface area contributed by atoms with Gasteiger partial charge in [-0.1, -0.05) is 13.0 Å². The van der Waals surface area contributed by atoms with Gasteiger partial charge in [-0.25, -0.2) is 8.78 Å². The van der Waals surface area contributed by atoms with Gasteiger partial charge in [0, 0.05) is 19.0 Å². The minimum atomic E-state index is -0.906. The van der Waals surface area contributed by atoms with Gasteiger partial charge in [-0.15, -0.1) is 0 Å². The molecule has 0 aromatic heterocycles. The molecule has 22 heavy (non-hydrogen) atoms. The molecular formula is C16H17F2NO3. The maximum Gasteiger partial charge on any atom is 0.308 e. The number of rotatable bonds is 3. The number of aliphatic carboxylic acids is 1. The first-order valence-electron chi connectivity index (χ1n) is 7.35. The smallest absolute Gasteiger partial charge is 0.308 e. The van der Waals surface area contributed by atoms with Crippen LogP contribution in [0.3, 0.4) is 0 Å². The number of carbonyl (C=O) groups is 2. The quantitative estimate of drug-likeness (QED) is 0.931. The molecule has 2 unspecified atom stereocenters. The van der Waals surface area contributed by atoms with Crippen LogP contribution < -0.4 is 0 Å². The van der Waals surface area contributed by atoms with Crippen molar-refractivity contribution < 1.29 is 23.5 Å². The number of nitrogens with zero attached hydrogens (tertiary/aromatic N) is 1. The molecule has 1 saturated heterocycles. The zero-order chi connectivity index (χ0) is 16.0. The first kappa shape index (κ1) is 14.9. The van der Waals surface area contributed by atoms with Crippen molar-refractivity contribution in [1.82, 2.24) is 4.90 Å². The highest BCUT2D eigenvalue weighted by molar-refractivity contribution is 5.84. The third-order valence-electron chi connectivity index (χ3n) is 4.72. The van der Waals surface area contributed by atoms with Crippen LogP contribution in [0, 0.1) is 29.4 Å². The number of amides is 1. The molecule has 0 bridgehead atoms. The van der Waals surface area contributed by atoms with Gasteiger partial charge in [-0.2, -0.15) is 0 Å². The SMILES string of the molecule is C[C@@H]1CN(C(=O)C2CC2c2ccc(F)c(F)c2)C[C@H]1C(=O)O. The summed E-state index contributed by atoms with van der Waals surface area (Å²) in [5.41, 5.74) is 0.624. The van der Waals surface area contributed by atoms with E-state index in [1.54, 1.807) is 4.90 Å². The Labute approximate surface area is 126 Å². The number of benzene rings is 1. The predicted molar refractivity (Wildman–Crippen MR) is 74.1 cm³/mol. The Balaban J connectivity index is 1.66. The summed E-state index contributed by atoms with van der Waals surface area (Å²) in [6, 6.07) is 3.71. The normalized spacial score (nSPS) is 30.4. The topological polar surface area (TPSA) is 57.6 Å². The van der Waals surface area contributed by atoms with Crippen LogP contribution in [0.5, 0.6) is 0 Å². The molecule has 2 aliphatic rings. The summed E-state index contributed by atoms with van der Waals surface area (Å²) < 4.78 is 26.2. The van der Waals surface area contributed by atoms with Gasteiger partial charge in [0.2, 0.25) is 5.91 Å². The third-order valence-corrected chi connectivity index (χ3v) is 4.72. The molecule has 1 saturated carbocycles. The van der Waals surface area contributed by atoms with Crippen LogP contribution in [0.15, 0.2) is 18.2 Å². The molecule has 3 rings (SSSR count). The minimum absolute atomic E-state index is 0.0677. The molecule has 1 N–H and O–H groups in total. The van der Waals surface area contributed by atoms with Crippen LogP contribution in [-0.2, 0) is 9.59 Å².